The van der Waals surface area contributed by atoms with E-state index in [2.05, 4.69) is 20.3 Å². The number of likely N-dealkylation sites (tertiary alicyclic amines) is 1. The Hall–Kier alpha value is -3.35. The molecule has 1 aliphatic heterocycles. The van der Waals surface area contributed by atoms with E-state index in [0.717, 1.165) is 49.7 Å². The molecule has 7 heteroatoms. The van der Waals surface area contributed by atoms with Crippen LogP contribution in [0, 0.1) is 5.92 Å². The highest BCUT2D eigenvalue weighted by Gasteiger charge is 2.25. The number of rotatable bonds is 5. The second-order valence-corrected chi connectivity index (χ2v) is 6.94. The van der Waals surface area contributed by atoms with Gasteiger partial charge in [0.05, 0.1) is 5.56 Å². The number of amides is 1. The van der Waals surface area contributed by atoms with Crippen molar-refractivity contribution in [2.75, 3.05) is 18.4 Å². The minimum absolute atomic E-state index is 0.00354. The van der Waals surface area contributed by atoms with Crippen molar-refractivity contribution in [1.29, 1.82) is 0 Å². The molecule has 142 valence electrons. The van der Waals surface area contributed by atoms with Crippen LogP contribution in [0.5, 0.6) is 0 Å². The summed E-state index contributed by atoms with van der Waals surface area (Å²) in [6.45, 7) is 1.51. The van der Waals surface area contributed by atoms with Crippen LogP contribution in [0.25, 0.3) is 0 Å². The van der Waals surface area contributed by atoms with Gasteiger partial charge in [-0.1, -0.05) is 12.1 Å². The maximum Gasteiger partial charge on any atom is 0.256 e. The van der Waals surface area contributed by atoms with E-state index in [1.165, 1.54) is 6.33 Å². The molecule has 0 bridgehead atoms. The summed E-state index contributed by atoms with van der Waals surface area (Å²) in [5.41, 5.74) is 1.56. The van der Waals surface area contributed by atoms with E-state index in [4.69, 9.17) is 4.98 Å². The Bertz CT molecular complexity index is 918. The van der Waals surface area contributed by atoms with Gasteiger partial charge < -0.3 is 10.2 Å². The Balaban J connectivity index is 1.40. The molecule has 1 N–H and O–H groups in total. The Kier molecular flexibility index (Phi) is 5.51. The summed E-state index contributed by atoms with van der Waals surface area (Å²) in [5, 5.41) is 3.23. The van der Waals surface area contributed by atoms with Crippen LogP contribution in [0.4, 0.5) is 11.6 Å². The first-order chi connectivity index (χ1) is 13.8. The van der Waals surface area contributed by atoms with E-state index in [1.54, 1.807) is 18.6 Å². The molecular formula is C21H22N6O. The zero-order chi connectivity index (χ0) is 19.2. The Morgan fingerprint density at radius 2 is 1.96 bits per heavy atom. The van der Waals surface area contributed by atoms with Crippen molar-refractivity contribution >= 4 is 17.5 Å². The van der Waals surface area contributed by atoms with Crippen molar-refractivity contribution in [3.05, 3.63) is 72.6 Å². The molecular weight excluding hydrogens is 352 g/mol. The molecule has 3 aromatic heterocycles. The van der Waals surface area contributed by atoms with Gasteiger partial charge in [0, 0.05) is 37.4 Å². The van der Waals surface area contributed by atoms with Crippen LogP contribution in [0.3, 0.4) is 0 Å². The summed E-state index contributed by atoms with van der Waals surface area (Å²) in [6.07, 6.45) is 9.27. The predicted molar refractivity (Wildman–Crippen MR) is 106 cm³/mol. The first-order valence-electron chi connectivity index (χ1n) is 9.46. The number of hydrogen-bond donors (Lipinski definition) is 1. The number of hydrogen-bond acceptors (Lipinski definition) is 6. The van der Waals surface area contributed by atoms with Crippen LogP contribution in [0.1, 0.15) is 28.9 Å². The Morgan fingerprint density at radius 1 is 1.11 bits per heavy atom. The molecule has 0 spiro atoms. The van der Waals surface area contributed by atoms with E-state index in [-0.39, 0.29) is 5.91 Å². The number of nitrogens with one attached hydrogen (secondary N) is 1. The maximum atomic E-state index is 12.7. The minimum Gasteiger partial charge on any atom is -0.338 e. The van der Waals surface area contributed by atoms with Crippen LogP contribution in [-0.4, -0.2) is 43.8 Å². The van der Waals surface area contributed by atoms with E-state index in [1.807, 2.05) is 41.3 Å². The van der Waals surface area contributed by atoms with Gasteiger partial charge in [0.1, 0.15) is 18.0 Å². The normalized spacial score (nSPS) is 16.6. The van der Waals surface area contributed by atoms with Crippen molar-refractivity contribution in [3.63, 3.8) is 0 Å². The van der Waals surface area contributed by atoms with Crippen molar-refractivity contribution in [1.82, 2.24) is 24.8 Å². The fraction of sp³-hybridized carbons (Fsp3) is 0.286. The van der Waals surface area contributed by atoms with Crippen LogP contribution < -0.4 is 5.32 Å². The molecule has 0 aromatic carbocycles. The fourth-order valence-electron chi connectivity index (χ4n) is 3.53. The number of aromatic nitrogens is 4. The molecule has 1 amide bonds. The number of carbonyl (C=O) groups excluding carboxylic acids is 1. The lowest BCUT2D eigenvalue weighted by molar-refractivity contribution is 0.0672. The average molecular weight is 374 g/mol. The minimum atomic E-state index is 0.00354. The lowest BCUT2D eigenvalue weighted by atomic mass is 9.93. The van der Waals surface area contributed by atoms with Gasteiger partial charge in [0.25, 0.3) is 5.91 Å². The molecule has 0 radical (unpaired) electrons. The first-order valence-corrected chi connectivity index (χ1v) is 9.46. The lowest BCUT2D eigenvalue weighted by Crippen LogP contribution is -2.40. The van der Waals surface area contributed by atoms with E-state index in [0.29, 0.717) is 11.5 Å². The van der Waals surface area contributed by atoms with Gasteiger partial charge in [-0.3, -0.25) is 4.79 Å². The van der Waals surface area contributed by atoms with Gasteiger partial charge in [-0.25, -0.2) is 19.9 Å². The molecule has 28 heavy (non-hydrogen) atoms. The van der Waals surface area contributed by atoms with Crippen LogP contribution >= 0.6 is 0 Å². The maximum absolute atomic E-state index is 12.7. The number of piperidine rings is 1. The quantitative estimate of drug-likeness (QED) is 0.739. The third-order valence-electron chi connectivity index (χ3n) is 4.84. The standard InChI is InChI=1S/C21H22N6O/c28-21(17-12-22-15-23-13-17)27-10-4-5-16(14-27)11-18-6-3-8-20(25-18)26-19-7-1-2-9-24-19/h1-3,6-9,12-13,15-16H,4-5,10-11,14H2,(H,24,25,26)/t16-/m0/s1. The molecule has 1 fully saturated rings. The summed E-state index contributed by atoms with van der Waals surface area (Å²) in [6, 6.07) is 11.7. The molecule has 1 atom stereocenters. The van der Waals surface area contributed by atoms with Crippen molar-refractivity contribution in [3.8, 4) is 0 Å². The van der Waals surface area contributed by atoms with Gasteiger partial charge >= 0.3 is 0 Å². The zero-order valence-electron chi connectivity index (χ0n) is 15.5. The fourth-order valence-corrected chi connectivity index (χ4v) is 3.53. The second-order valence-electron chi connectivity index (χ2n) is 6.94. The summed E-state index contributed by atoms with van der Waals surface area (Å²) in [5.74, 6) is 1.94. The highest BCUT2D eigenvalue weighted by Crippen LogP contribution is 2.22. The molecule has 4 heterocycles. The molecule has 3 aromatic rings. The molecule has 0 aliphatic carbocycles. The number of carbonyl (C=O) groups is 1. The van der Waals surface area contributed by atoms with Gasteiger partial charge in [-0.15, -0.1) is 0 Å². The van der Waals surface area contributed by atoms with Gasteiger partial charge in [0.2, 0.25) is 0 Å². The predicted octanol–water partition coefficient (Wildman–Crippen LogP) is 3.11. The van der Waals surface area contributed by atoms with E-state index < -0.39 is 0 Å². The molecule has 4 rings (SSSR count). The zero-order valence-corrected chi connectivity index (χ0v) is 15.5. The second kappa shape index (κ2) is 8.56. The van der Waals surface area contributed by atoms with Crippen LogP contribution in [0.2, 0.25) is 0 Å². The lowest BCUT2D eigenvalue weighted by Gasteiger charge is -2.32. The van der Waals surface area contributed by atoms with Crippen LogP contribution in [-0.2, 0) is 6.42 Å². The third kappa shape index (κ3) is 4.49. The van der Waals surface area contributed by atoms with Crippen molar-refractivity contribution in [2.45, 2.75) is 19.3 Å². The number of anilines is 2. The molecule has 1 saturated heterocycles. The summed E-state index contributed by atoms with van der Waals surface area (Å²) in [7, 11) is 0. The highest BCUT2D eigenvalue weighted by atomic mass is 16.2. The summed E-state index contributed by atoms with van der Waals surface area (Å²) >= 11 is 0. The number of nitrogens with zero attached hydrogens (tertiary/aromatic N) is 5. The van der Waals surface area contributed by atoms with Crippen molar-refractivity contribution in [2.24, 2.45) is 5.92 Å². The van der Waals surface area contributed by atoms with E-state index in [9.17, 15) is 4.79 Å². The monoisotopic (exact) mass is 374 g/mol. The van der Waals surface area contributed by atoms with Crippen LogP contribution in [0.15, 0.2) is 61.3 Å². The van der Waals surface area contributed by atoms with Crippen molar-refractivity contribution < 1.29 is 4.79 Å². The summed E-state index contributed by atoms with van der Waals surface area (Å²) in [4.78, 5) is 31.5. The molecule has 7 nitrogen and oxygen atoms in total. The van der Waals surface area contributed by atoms with Gasteiger partial charge in [-0.2, -0.15) is 0 Å². The van der Waals surface area contributed by atoms with Gasteiger partial charge in [-0.05, 0) is 49.4 Å². The topological polar surface area (TPSA) is 83.9 Å². The molecule has 1 aliphatic rings. The number of pyridine rings is 2. The largest absolute Gasteiger partial charge is 0.338 e. The SMILES string of the molecule is O=C(c1cncnc1)N1CCC[C@@H](Cc2cccc(Nc3ccccn3)n2)C1. The first kappa shape index (κ1) is 18.0. The average Bonchev–Trinajstić information content (AvgIpc) is 2.75. The molecule has 0 saturated carbocycles. The van der Waals surface area contributed by atoms with E-state index >= 15 is 0 Å². The van der Waals surface area contributed by atoms with Gasteiger partial charge in [0.15, 0.2) is 0 Å². The molecule has 0 unspecified atom stereocenters. The smallest absolute Gasteiger partial charge is 0.256 e. The Morgan fingerprint density at radius 3 is 2.79 bits per heavy atom. The third-order valence-corrected chi connectivity index (χ3v) is 4.84. The highest BCUT2D eigenvalue weighted by molar-refractivity contribution is 5.93. The Labute approximate surface area is 163 Å². The summed E-state index contributed by atoms with van der Waals surface area (Å²) < 4.78 is 0.